The van der Waals surface area contributed by atoms with Gasteiger partial charge in [0, 0.05) is 30.6 Å². The van der Waals surface area contributed by atoms with E-state index in [4.69, 9.17) is 16.3 Å². The van der Waals surface area contributed by atoms with Crippen molar-refractivity contribution in [3.8, 4) is 5.75 Å². The molecule has 0 aliphatic rings. The van der Waals surface area contributed by atoms with Crippen LogP contribution in [0.5, 0.6) is 5.75 Å². The van der Waals surface area contributed by atoms with Gasteiger partial charge in [-0.25, -0.2) is 8.42 Å². The number of hydrogen-bond acceptors (Lipinski definition) is 5. The van der Waals surface area contributed by atoms with Crippen LogP contribution < -0.4 is 14.4 Å². The lowest BCUT2D eigenvalue weighted by molar-refractivity contribution is -0.140. The van der Waals surface area contributed by atoms with E-state index in [-0.39, 0.29) is 43.8 Å². The maximum Gasteiger partial charge on any atom is 0.242 e. The van der Waals surface area contributed by atoms with Gasteiger partial charge in [-0.05, 0) is 57.9 Å². The van der Waals surface area contributed by atoms with E-state index in [2.05, 4.69) is 5.32 Å². The minimum atomic E-state index is -3.63. The van der Waals surface area contributed by atoms with Crippen molar-refractivity contribution in [1.29, 1.82) is 0 Å². The summed E-state index contributed by atoms with van der Waals surface area (Å²) in [4.78, 5) is 27.6. The van der Waals surface area contributed by atoms with Crippen LogP contribution in [0.4, 0.5) is 5.69 Å². The van der Waals surface area contributed by atoms with Crippen molar-refractivity contribution in [2.45, 2.75) is 59.2 Å². The summed E-state index contributed by atoms with van der Waals surface area (Å²) in [7, 11) is -3.63. The van der Waals surface area contributed by atoms with E-state index in [1.54, 1.807) is 43.3 Å². The van der Waals surface area contributed by atoms with Crippen LogP contribution in [0.2, 0.25) is 5.02 Å². The molecule has 0 radical (unpaired) electrons. The van der Waals surface area contributed by atoms with Gasteiger partial charge < -0.3 is 15.0 Å². The van der Waals surface area contributed by atoms with Crippen LogP contribution in [0.1, 0.15) is 46.1 Å². The smallest absolute Gasteiger partial charge is 0.242 e. The van der Waals surface area contributed by atoms with Crippen molar-refractivity contribution < 1.29 is 22.7 Å². The second-order valence-electron chi connectivity index (χ2n) is 8.79. The van der Waals surface area contributed by atoms with E-state index >= 15 is 0 Å². The standard InChI is InChI=1S/C26H36ClN3O5S/c1-6-35-24-15-10-9-14-23(24)30(36(5,33)34)17-11-16-25(31)29(20(4)26(32)28-19(2)3)18-21-12-7-8-13-22(21)27/h7-10,12-15,19-20H,6,11,16-18H2,1-5H3,(H,28,32). The van der Waals surface area contributed by atoms with Crippen molar-refractivity contribution >= 4 is 39.1 Å². The summed E-state index contributed by atoms with van der Waals surface area (Å²) in [6, 6.07) is 13.3. The highest BCUT2D eigenvalue weighted by atomic mass is 35.5. The molecule has 2 amide bonds. The maximum absolute atomic E-state index is 13.3. The third-order valence-corrected chi connectivity index (χ3v) is 7.03. The molecule has 0 saturated heterocycles. The largest absolute Gasteiger partial charge is 0.492 e. The summed E-state index contributed by atoms with van der Waals surface area (Å²) in [5, 5.41) is 3.35. The molecule has 0 fully saturated rings. The fraction of sp³-hybridized carbons (Fsp3) is 0.462. The first-order valence-corrected chi connectivity index (χ1v) is 14.2. The summed E-state index contributed by atoms with van der Waals surface area (Å²) < 4.78 is 32.0. The predicted octanol–water partition coefficient (Wildman–Crippen LogP) is 4.23. The molecule has 1 atom stereocenters. The molecule has 1 N–H and O–H groups in total. The van der Waals surface area contributed by atoms with E-state index in [9.17, 15) is 18.0 Å². The first kappa shape index (κ1) is 29.5. The van der Waals surface area contributed by atoms with Crippen LogP contribution in [-0.2, 0) is 26.2 Å². The first-order chi connectivity index (χ1) is 17.0. The SMILES string of the molecule is CCOc1ccccc1N(CCCC(=O)N(Cc1ccccc1Cl)C(C)C(=O)NC(C)C)S(C)(=O)=O. The molecule has 0 aliphatic carbocycles. The second kappa shape index (κ2) is 13.5. The zero-order valence-corrected chi connectivity index (χ0v) is 23.1. The van der Waals surface area contributed by atoms with E-state index < -0.39 is 16.1 Å². The van der Waals surface area contributed by atoms with Crippen molar-refractivity contribution in [2.75, 3.05) is 23.7 Å². The van der Waals surface area contributed by atoms with Gasteiger partial charge in [0.25, 0.3) is 0 Å². The molecule has 0 saturated carbocycles. The highest BCUT2D eigenvalue weighted by molar-refractivity contribution is 7.92. The number of carbonyl (C=O) groups excluding carboxylic acids is 2. The minimum absolute atomic E-state index is 0.0482. The van der Waals surface area contributed by atoms with Crippen LogP contribution in [0.3, 0.4) is 0 Å². The normalized spacial score (nSPS) is 12.2. The average Bonchev–Trinajstić information content (AvgIpc) is 2.80. The number of anilines is 1. The van der Waals surface area contributed by atoms with Gasteiger partial charge in [0.15, 0.2) is 0 Å². The summed E-state index contributed by atoms with van der Waals surface area (Å²) in [6.45, 7) is 7.84. The number of rotatable bonds is 13. The summed E-state index contributed by atoms with van der Waals surface area (Å²) in [6.07, 6.45) is 1.43. The third-order valence-electron chi connectivity index (χ3n) is 5.48. The van der Waals surface area contributed by atoms with Crippen molar-refractivity contribution in [3.05, 3.63) is 59.1 Å². The number of halogens is 1. The highest BCUT2D eigenvalue weighted by Crippen LogP contribution is 2.30. The van der Waals surface area contributed by atoms with Gasteiger partial charge in [0.1, 0.15) is 11.8 Å². The third kappa shape index (κ3) is 8.41. The maximum atomic E-state index is 13.3. The molecule has 8 nitrogen and oxygen atoms in total. The summed E-state index contributed by atoms with van der Waals surface area (Å²) in [5.41, 5.74) is 1.15. The zero-order valence-electron chi connectivity index (χ0n) is 21.5. The molecule has 198 valence electrons. The van der Waals surface area contributed by atoms with Crippen LogP contribution in [0.15, 0.2) is 48.5 Å². The zero-order chi connectivity index (χ0) is 26.9. The van der Waals surface area contributed by atoms with Crippen LogP contribution in [0.25, 0.3) is 0 Å². The van der Waals surface area contributed by atoms with Crippen LogP contribution in [0, 0.1) is 0 Å². The average molecular weight is 538 g/mol. The number of benzene rings is 2. The van der Waals surface area contributed by atoms with Crippen LogP contribution >= 0.6 is 11.6 Å². The number of sulfonamides is 1. The lowest BCUT2D eigenvalue weighted by Crippen LogP contribution is -2.49. The highest BCUT2D eigenvalue weighted by Gasteiger charge is 2.28. The molecule has 0 spiro atoms. The Kier molecular flexibility index (Phi) is 11.0. The Hall–Kier alpha value is -2.78. The Morgan fingerprint density at radius 2 is 1.69 bits per heavy atom. The van der Waals surface area contributed by atoms with E-state index in [0.29, 0.717) is 23.1 Å². The fourth-order valence-electron chi connectivity index (χ4n) is 3.72. The summed E-state index contributed by atoms with van der Waals surface area (Å²) >= 11 is 6.32. The number of para-hydroxylation sites is 2. The Labute approximate surface area is 219 Å². The van der Waals surface area contributed by atoms with Crippen molar-refractivity contribution in [3.63, 3.8) is 0 Å². The number of amides is 2. The van der Waals surface area contributed by atoms with Gasteiger partial charge in [0.05, 0.1) is 18.6 Å². The quantitative estimate of drug-likeness (QED) is 0.412. The van der Waals surface area contributed by atoms with Crippen molar-refractivity contribution in [2.24, 2.45) is 0 Å². The lowest BCUT2D eigenvalue weighted by Gasteiger charge is -2.30. The molecule has 0 heterocycles. The number of ether oxygens (including phenoxy) is 1. The lowest BCUT2D eigenvalue weighted by atomic mass is 10.1. The van der Waals surface area contributed by atoms with Crippen LogP contribution in [-0.4, -0.2) is 56.6 Å². The molecule has 0 aliphatic heterocycles. The van der Waals surface area contributed by atoms with Crippen molar-refractivity contribution in [1.82, 2.24) is 10.2 Å². The fourth-order valence-corrected chi connectivity index (χ4v) is 4.89. The Bertz CT molecular complexity index is 1140. The number of hydrogen-bond donors (Lipinski definition) is 1. The first-order valence-electron chi connectivity index (χ1n) is 12.0. The molecule has 1 unspecified atom stereocenters. The van der Waals surface area contributed by atoms with Gasteiger partial charge in [-0.1, -0.05) is 41.9 Å². The molecule has 2 aromatic rings. The van der Waals surface area contributed by atoms with E-state index in [1.807, 2.05) is 32.9 Å². The molecule has 0 aromatic heterocycles. The van der Waals surface area contributed by atoms with Gasteiger partial charge in [-0.3, -0.25) is 13.9 Å². The number of nitrogens with one attached hydrogen (secondary N) is 1. The van der Waals surface area contributed by atoms with Gasteiger partial charge in [-0.2, -0.15) is 0 Å². The molecule has 0 bridgehead atoms. The Morgan fingerprint density at radius 3 is 2.31 bits per heavy atom. The van der Waals surface area contributed by atoms with Gasteiger partial charge >= 0.3 is 0 Å². The topological polar surface area (TPSA) is 96.0 Å². The molecular weight excluding hydrogens is 502 g/mol. The predicted molar refractivity (Wildman–Crippen MR) is 144 cm³/mol. The van der Waals surface area contributed by atoms with E-state index in [1.165, 1.54) is 9.21 Å². The summed E-state index contributed by atoms with van der Waals surface area (Å²) in [5.74, 6) is -0.0854. The number of carbonyl (C=O) groups is 2. The second-order valence-corrected chi connectivity index (χ2v) is 11.1. The van der Waals surface area contributed by atoms with Gasteiger partial charge in [0.2, 0.25) is 21.8 Å². The molecule has 36 heavy (non-hydrogen) atoms. The molecular formula is C26H36ClN3O5S. The van der Waals surface area contributed by atoms with Gasteiger partial charge in [-0.15, -0.1) is 0 Å². The molecule has 10 heteroatoms. The Morgan fingerprint density at radius 1 is 1.06 bits per heavy atom. The minimum Gasteiger partial charge on any atom is -0.492 e. The molecule has 2 rings (SSSR count). The number of nitrogens with zero attached hydrogens (tertiary/aromatic N) is 2. The molecule has 2 aromatic carbocycles. The van der Waals surface area contributed by atoms with E-state index in [0.717, 1.165) is 11.8 Å². The Balaban J connectivity index is 2.22. The monoisotopic (exact) mass is 537 g/mol.